The molecule has 0 bridgehead atoms. The number of esters is 1. The predicted octanol–water partition coefficient (Wildman–Crippen LogP) is 6.54. The van der Waals surface area contributed by atoms with Crippen LogP contribution in [0, 0.1) is 0 Å². The third-order valence-corrected chi connectivity index (χ3v) is 4.41. The van der Waals surface area contributed by atoms with Crippen molar-refractivity contribution in [2.45, 2.75) is 62.6 Å². The van der Waals surface area contributed by atoms with Crippen LogP contribution in [-0.2, 0) is 16.0 Å². The average Bonchev–Trinajstić information content (AvgIpc) is 2.66. The number of ether oxygens (including phenoxy) is 1. The first kappa shape index (κ1) is 25.5. The fourth-order valence-corrected chi connectivity index (χ4v) is 2.68. The van der Waals surface area contributed by atoms with E-state index >= 15 is 0 Å². The van der Waals surface area contributed by atoms with Crippen LogP contribution in [0.25, 0.3) is 10.4 Å². The lowest BCUT2D eigenvalue weighted by Gasteiger charge is -2.28. The molecule has 30 heavy (non-hydrogen) atoms. The molecule has 0 N–H and O–H groups in total. The van der Waals surface area contributed by atoms with Crippen LogP contribution >= 0.6 is 0 Å². The minimum absolute atomic E-state index is 0.219. The van der Waals surface area contributed by atoms with E-state index in [-0.39, 0.29) is 18.8 Å². The number of hydrogen-bond donors (Lipinski definition) is 0. The molecule has 1 atom stereocenters. The molecule has 0 fully saturated rings. The molecule has 0 radical (unpaired) electrons. The molecule has 1 rings (SSSR count). The van der Waals surface area contributed by atoms with Crippen molar-refractivity contribution in [2.75, 3.05) is 7.11 Å². The third-order valence-electron chi connectivity index (χ3n) is 4.41. The van der Waals surface area contributed by atoms with E-state index < -0.39 is 36.9 Å². The molecule has 12 heteroatoms. The lowest BCUT2D eigenvalue weighted by Crippen LogP contribution is -2.51. The summed E-state index contributed by atoms with van der Waals surface area (Å²) in [6.45, 7) is 0. The first-order chi connectivity index (χ1) is 13.9. The number of azide groups is 1. The second-order valence-corrected chi connectivity index (χ2v) is 6.56. The molecule has 0 saturated carbocycles. The largest absolute Gasteiger partial charge is 0.469 e. The maximum atomic E-state index is 13.4. The maximum Gasteiger partial charge on any atom is 0.459 e. The fourth-order valence-electron chi connectivity index (χ4n) is 2.68. The Morgan fingerprint density at radius 3 is 2.20 bits per heavy atom. The number of halogens is 7. The van der Waals surface area contributed by atoms with Crippen LogP contribution < -0.4 is 0 Å². The fraction of sp³-hybridized carbons (Fsp3) is 0.611. The highest BCUT2D eigenvalue weighted by molar-refractivity contribution is 5.69. The molecule has 0 spiro atoms. The number of benzene rings is 1. The first-order valence-corrected chi connectivity index (χ1v) is 8.88. The molecule has 0 heterocycles. The molecule has 0 aliphatic rings. The van der Waals surface area contributed by atoms with Crippen molar-refractivity contribution < 1.29 is 40.3 Å². The van der Waals surface area contributed by atoms with E-state index in [0.717, 1.165) is 5.56 Å². The SMILES string of the molecule is COC(=O)CCCc1ccc(C(CCCC(F)(F)C(F)(F)C(F)(F)F)N=[N+]=[N-])cc1. The Labute approximate surface area is 167 Å². The summed E-state index contributed by atoms with van der Waals surface area (Å²) in [6, 6.07) is 5.37. The molecule has 5 nitrogen and oxygen atoms in total. The topological polar surface area (TPSA) is 75.1 Å². The molecule has 0 saturated heterocycles. The molecule has 0 aliphatic carbocycles. The van der Waals surface area contributed by atoms with Crippen molar-refractivity contribution in [1.29, 1.82) is 0 Å². The summed E-state index contributed by atoms with van der Waals surface area (Å²) in [5, 5.41) is 3.42. The number of aryl methyl sites for hydroxylation is 1. The number of alkyl halides is 7. The number of carbonyl (C=O) groups is 1. The van der Waals surface area contributed by atoms with E-state index in [1.54, 1.807) is 12.1 Å². The van der Waals surface area contributed by atoms with Gasteiger partial charge in [-0.05, 0) is 42.3 Å². The standard InChI is InChI=1S/C18H20F7N3O2/c1-30-15(29)6-2-4-12-7-9-13(10-8-12)14(27-28-26)5-3-11-16(19,20)17(21,22)18(23,24)25/h7-10,14H,2-6,11H2,1H3. The van der Waals surface area contributed by atoms with Gasteiger partial charge in [0.1, 0.15) is 0 Å². The van der Waals surface area contributed by atoms with E-state index in [2.05, 4.69) is 14.8 Å². The number of rotatable bonds is 11. The van der Waals surface area contributed by atoms with Crippen LogP contribution in [0.4, 0.5) is 30.7 Å². The molecule has 168 valence electrons. The van der Waals surface area contributed by atoms with Gasteiger partial charge in [-0.3, -0.25) is 4.79 Å². The van der Waals surface area contributed by atoms with E-state index in [1.807, 2.05) is 0 Å². The molecule has 0 aromatic heterocycles. The first-order valence-electron chi connectivity index (χ1n) is 8.88. The van der Waals surface area contributed by atoms with Crippen molar-refractivity contribution >= 4 is 5.97 Å². The maximum absolute atomic E-state index is 13.4. The Morgan fingerprint density at radius 1 is 1.10 bits per heavy atom. The van der Waals surface area contributed by atoms with Crippen LogP contribution in [0.5, 0.6) is 0 Å². The van der Waals surface area contributed by atoms with Crippen LogP contribution in [-0.4, -0.2) is 31.1 Å². The lowest BCUT2D eigenvalue weighted by molar-refractivity contribution is -0.355. The van der Waals surface area contributed by atoms with Gasteiger partial charge in [0.25, 0.3) is 0 Å². The Bertz CT molecular complexity index is 745. The van der Waals surface area contributed by atoms with Gasteiger partial charge in [-0.1, -0.05) is 29.4 Å². The number of carbonyl (C=O) groups excluding carboxylic acids is 1. The van der Waals surface area contributed by atoms with Crippen molar-refractivity contribution in [3.8, 4) is 0 Å². The van der Waals surface area contributed by atoms with Crippen molar-refractivity contribution in [1.82, 2.24) is 0 Å². The highest BCUT2D eigenvalue weighted by Gasteiger charge is 2.72. The summed E-state index contributed by atoms with van der Waals surface area (Å²) < 4.78 is 93.7. The Balaban J connectivity index is 2.72. The number of methoxy groups -OCH3 is 1. The van der Waals surface area contributed by atoms with Gasteiger partial charge in [0.15, 0.2) is 0 Å². The molecule has 1 aromatic rings. The van der Waals surface area contributed by atoms with E-state index in [1.165, 1.54) is 19.2 Å². The zero-order chi connectivity index (χ0) is 23.0. The number of hydrogen-bond acceptors (Lipinski definition) is 3. The Morgan fingerprint density at radius 2 is 1.70 bits per heavy atom. The summed E-state index contributed by atoms with van der Waals surface area (Å²) in [5.41, 5.74) is 9.87. The van der Waals surface area contributed by atoms with E-state index in [9.17, 15) is 35.5 Å². The third kappa shape index (κ3) is 6.79. The molecule has 1 aromatic carbocycles. The molecule has 1 unspecified atom stereocenters. The second-order valence-electron chi connectivity index (χ2n) is 6.56. The molecule has 0 amide bonds. The van der Waals surface area contributed by atoms with Crippen LogP contribution in [0.2, 0.25) is 0 Å². The van der Waals surface area contributed by atoms with Crippen LogP contribution in [0.3, 0.4) is 0 Å². The average molecular weight is 443 g/mol. The highest BCUT2D eigenvalue weighted by atomic mass is 19.4. The minimum atomic E-state index is -6.37. The highest BCUT2D eigenvalue weighted by Crippen LogP contribution is 2.48. The smallest absolute Gasteiger partial charge is 0.459 e. The monoisotopic (exact) mass is 443 g/mol. The van der Waals surface area contributed by atoms with Crippen LogP contribution in [0.1, 0.15) is 49.3 Å². The summed E-state index contributed by atoms with van der Waals surface area (Å²) in [5.74, 6) is -11.8. The van der Waals surface area contributed by atoms with Crippen molar-refractivity contribution in [2.24, 2.45) is 5.11 Å². The lowest BCUT2D eigenvalue weighted by atomic mass is 9.97. The van der Waals surface area contributed by atoms with Gasteiger partial charge in [-0.25, -0.2) is 0 Å². The summed E-state index contributed by atoms with van der Waals surface area (Å²) in [6.07, 6.45) is -7.86. The van der Waals surface area contributed by atoms with Gasteiger partial charge in [0.2, 0.25) is 0 Å². The molecule has 0 aliphatic heterocycles. The summed E-state index contributed by atoms with van der Waals surface area (Å²) in [7, 11) is 1.27. The quantitative estimate of drug-likeness (QED) is 0.128. The van der Waals surface area contributed by atoms with Gasteiger partial charge in [0.05, 0.1) is 13.2 Å². The van der Waals surface area contributed by atoms with Crippen molar-refractivity contribution in [3.63, 3.8) is 0 Å². The Hall–Kier alpha value is -2.49. The van der Waals surface area contributed by atoms with E-state index in [4.69, 9.17) is 5.53 Å². The summed E-state index contributed by atoms with van der Waals surface area (Å²) >= 11 is 0. The van der Waals surface area contributed by atoms with Crippen LogP contribution in [0.15, 0.2) is 29.4 Å². The molecular weight excluding hydrogens is 423 g/mol. The Kier molecular flexibility index (Phi) is 8.95. The van der Waals surface area contributed by atoms with Gasteiger partial charge in [-0.2, -0.15) is 30.7 Å². The molecular formula is C18H20F7N3O2. The van der Waals surface area contributed by atoms with Gasteiger partial charge < -0.3 is 4.74 Å². The normalized spacial score (nSPS) is 13.5. The zero-order valence-electron chi connectivity index (χ0n) is 15.9. The van der Waals surface area contributed by atoms with E-state index in [0.29, 0.717) is 18.4 Å². The minimum Gasteiger partial charge on any atom is -0.469 e. The zero-order valence-corrected chi connectivity index (χ0v) is 15.9. The number of nitrogens with zero attached hydrogens (tertiary/aromatic N) is 3. The van der Waals surface area contributed by atoms with Crippen molar-refractivity contribution in [3.05, 3.63) is 45.8 Å². The van der Waals surface area contributed by atoms with Gasteiger partial charge in [0, 0.05) is 17.8 Å². The van der Waals surface area contributed by atoms with Gasteiger partial charge >= 0.3 is 24.0 Å². The second kappa shape index (κ2) is 10.5. The predicted molar refractivity (Wildman–Crippen MR) is 93.1 cm³/mol. The summed E-state index contributed by atoms with van der Waals surface area (Å²) in [4.78, 5) is 13.6. The van der Waals surface area contributed by atoms with Gasteiger partial charge in [-0.15, -0.1) is 0 Å².